The van der Waals surface area contributed by atoms with Gasteiger partial charge in [0.1, 0.15) is 5.82 Å². The molecule has 1 atom stereocenters. The number of likely N-dealkylation sites (N-methyl/N-ethyl adjacent to an activating group) is 1. The van der Waals surface area contributed by atoms with Gasteiger partial charge in [0.05, 0.1) is 10.6 Å². The van der Waals surface area contributed by atoms with Crippen molar-refractivity contribution in [3.05, 3.63) is 22.8 Å². The molecule has 0 saturated carbocycles. The molecular formula is C9H13BrN2O. The Labute approximate surface area is 86.5 Å². The normalized spacial score (nSPS) is 12.6. The maximum atomic E-state index is 9.19. The standard InChI is InChI=1S/C9H13BrN2O/c1-7(13)6-12(2)9-8(10)4-3-5-11-9/h3-5,7,13H,6H2,1-2H3/t7-/m0/s1. The fourth-order valence-electron chi connectivity index (χ4n) is 1.14. The molecule has 1 aromatic rings. The van der Waals surface area contributed by atoms with E-state index in [1.165, 1.54) is 0 Å². The van der Waals surface area contributed by atoms with E-state index in [1.54, 1.807) is 13.1 Å². The Morgan fingerprint density at radius 2 is 2.38 bits per heavy atom. The third-order valence-corrected chi connectivity index (χ3v) is 2.26. The first-order chi connectivity index (χ1) is 6.11. The van der Waals surface area contributed by atoms with Crippen molar-refractivity contribution in [1.29, 1.82) is 0 Å². The van der Waals surface area contributed by atoms with Crippen LogP contribution >= 0.6 is 15.9 Å². The summed E-state index contributed by atoms with van der Waals surface area (Å²) in [5.41, 5.74) is 0. The summed E-state index contributed by atoms with van der Waals surface area (Å²) in [6.45, 7) is 2.34. The van der Waals surface area contributed by atoms with Gasteiger partial charge < -0.3 is 10.0 Å². The molecule has 3 nitrogen and oxygen atoms in total. The quantitative estimate of drug-likeness (QED) is 0.879. The van der Waals surface area contributed by atoms with Gasteiger partial charge in [0.25, 0.3) is 0 Å². The summed E-state index contributed by atoms with van der Waals surface area (Å²) in [4.78, 5) is 6.11. The Bertz CT molecular complexity index is 278. The maximum Gasteiger partial charge on any atom is 0.142 e. The molecule has 1 aromatic heterocycles. The summed E-state index contributed by atoms with van der Waals surface area (Å²) in [5, 5.41) is 9.19. The van der Waals surface area contributed by atoms with E-state index in [2.05, 4.69) is 20.9 Å². The number of aliphatic hydroxyl groups excluding tert-OH is 1. The molecule has 1 N–H and O–H groups in total. The van der Waals surface area contributed by atoms with Crippen LogP contribution in [0.2, 0.25) is 0 Å². The van der Waals surface area contributed by atoms with Gasteiger partial charge in [-0.15, -0.1) is 0 Å². The zero-order valence-corrected chi connectivity index (χ0v) is 9.32. The zero-order chi connectivity index (χ0) is 9.84. The lowest BCUT2D eigenvalue weighted by Crippen LogP contribution is -2.27. The predicted octanol–water partition coefficient (Wildman–Crippen LogP) is 1.66. The molecule has 0 bridgehead atoms. The molecule has 0 fully saturated rings. The number of anilines is 1. The van der Waals surface area contributed by atoms with Crippen LogP contribution in [0.3, 0.4) is 0 Å². The van der Waals surface area contributed by atoms with Gasteiger partial charge in [0.2, 0.25) is 0 Å². The molecule has 13 heavy (non-hydrogen) atoms. The van der Waals surface area contributed by atoms with Crippen molar-refractivity contribution in [3.63, 3.8) is 0 Å². The number of nitrogens with zero attached hydrogens (tertiary/aromatic N) is 2. The number of aromatic nitrogens is 1. The van der Waals surface area contributed by atoms with E-state index >= 15 is 0 Å². The summed E-state index contributed by atoms with van der Waals surface area (Å²) in [6, 6.07) is 3.80. The summed E-state index contributed by atoms with van der Waals surface area (Å²) < 4.78 is 0.943. The van der Waals surface area contributed by atoms with Crippen LogP contribution < -0.4 is 4.90 Å². The first-order valence-electron chi connectivity index (χ1n) is 4.11. The highest BCUT2D eigenvalue weighted by atomic mass is 79.9. The monoisotopic (exact) mass is 244 g/mol. The lowest BCUT2D eigenvalue weighted by atomic mass is 10.3. The predicted molar refractivity (Wildman–Crippen MR) is 56.9 cm³/mol. The molecule has 0 spiro atoms. The summed E-state index contributed by atoms with van der Waals surface area (Å²) in [5.74, 6) is 0.850. The highest BCUT2D eigenvalue weighted by Crippen LogP contribution is 2.21. The van der Waals surface area contributed by atoms with E-state index < -0.39 is 0 Å². The lowest BCUT2D eigenvalue weighted by molar-refractivity contribution is 0.201. The van der Waals surface area contributed by atoms with Crippen LogP contribution in [0.5, 0.6) is 0 Å². The van der Waals surface area contributed by atoms with Crippen LogP contribution in [0.25, 0.3) is 0 Å². The van der Waals surface area contributed by atoms with E-state index in [4.69, 9.17) is 0 Å². The highest BCUT2D eigenvalue weighted by molar-refractivity contribution is 9.10. The van der Waals surface area contributed by atoms with Gasteiger partial charge in [-0.25, -0.2) is 4.98 Å². The summed E-state index contributed by atoms with van der Waals surface area (Å²) >= 11 is 3.40. The van der Waals surface area contributed by atoms with E-state index in [-0.39, 0.29) is 6.10 Å². The number of aliphatic hydroxyl groups is 1. The first-order valence-corrected chi connectivity index (χ1v) is 4.90. The van der Waals surface area contributed by atoms with Crippen molar-refractivity contribution in [3.8, 4) is 0 Å². The fourth-order valence-corrected chi connectivity index (χ4v) is 1.70. The molecule has 0 aliphatic rings. The second-order valence-electron chi connectivity index (χ2n) is 3.04. The molecule has 4 heteroatoms. The lowest BCUT2D eigenvalue weighted by Gasteiger charge is -2.20. The van der Waals surface area contributed by atoms with Crippen molar-refractivity contribution in [2.75, 3.05) is 18.5 Å². The molecule has 0 amide bonds. The van der Waals surface area contributed by atoms with Gasteiger partial charge >= 0.3 is 0 Å². The van der Waals surface area contributed by atoms with Crippen molar-refractivity contribution < 1.29 is 5.11 Å². The second kappa shape index (κ2) is 4.58. The Morgan fingerprint density at radius 3 is 2.92 bits per heavy atom. The summed E-state index contributed by atoms with van der Waals surface area (Å²) in [6.07, 6.45) is 1.39. The Morgan fingerprint density at radius 1 is 1.69 bits per heavy atom. The van der Waals surface area contributed by atoms with Gasteiger partial charge in [-0.2, -0.15) is 0 Å². The van der Waals surface area contributed by atoms with Crippen molar-refractivity contribution in [1.82, 2.24) is 4.98 Å². The topological polar surface area (TPSA) is 36.4 Å². The van der Waals surface area contributed by atoms with Crippen LogP contribution in [0, 0.1) is 0 Å². The fraction of sp³-hybridized carbons (Fsp3) is 0.444. The van der Waals surface area contributed by atoms with Crippen molar-refractivity contribution in [2.24, 2.45) is 0 Å². The van der Waals surface area contributed by atoms with Crippen LogP contribution in [0.15, 0.2) is 22.8 Å². The number of pyridine rings is 1. The molecule has 0 aliphatic heterocycles. The molecule has 1 heterocycles. The molecule has 1 rings (SSSR count). The van der Waals surface area contributed by atoms with Crippen LogP contribution in [0.4, 0.5) is 5.82 Å². The molecule has 0 aromatic carbocycles. The molecule has 0 unspecified atom stereocenters. The highest BCUT2D eigenvalue weighted by Gasteiger charge is 2.08. The van der Waals surface area contributed by atoms with Gasteiger partial charge in [0.15, 0.2) is 0 Å². The van der Waals surface area contributed by atoms with Gasteiger partial charge in [-0.3, -0.25) is 0 Å². The van der Waals surface area contributed by atoms with E-state index in [1.807, 2.05) is 24.1 Å². The van der Waals surface area contributed by atoms with Crippen LogP contribution in [-0.2, 0) is 0 Å². The first kappa shape index (κ1) is 10.5. The number of hydrogen-bond acceptors (Lipinski definition) is 3. The Balaban J connectivity index is 2.76. The minimum atomic E-state index is -0.348. The van der Waals surface area contributed by atoms with Crippen molar-refractivity contribution in [2.45, 2.75) is 13.0 Å². The van der Waals surface area contributed by atoms with Gasteiger partial charge in [0, 0.05) is 19.8 Å². The summed E-state index contributed by atoms with van der Waals surface area (Å²) in [7, 11) is 1.90. The minimum absolute atomic E-state index is 0.348. The Hall–Kier alpha value is -0.610. The number of halogens is 1. The number of hydrogen-bond donors (Lipinski definition) is 1. The molecule has 0 radical (unpaired) electrons. The van der Waals surface area contributed by atoms with Gasteiger partial charge in [-0.05, 0) is 35.0 Å². The SMILES string of the molecule is C[C@H](O)CN(C)c1ncccc1Br. The van der Waals surface area contributed by atoms with Gasteiger partial charge in [-0.1, -0.05) is 0 Å². The van der Waals surface area contributed by atoms with E-state index in [0.29, 0.717) is 6.54 Å². The average Bonchev–Trinajstić information content (AvgIpc) is 2.03. The Kier molecular flexibility index (Phi) is 3.69. The molecule has 0 aliphatic carbocycles. The zero-order valence-electron chi connectivity index (χ0n) is 7.74. The number of rotatable bonds is 3. The molecule has 72 valence electrons. The van der Waals surface area contributed by atoms with E-state index in [0.717, 1.165) is 10.3 Å². The second-order valence-corrected chi connectivity index (χ2v) is 3.89. The average molecular weight is 245 g/mol. The molecule has 0 saturated heterocycles. The smallest absolute Gasteiger partial charge is 0.142 e. The van der Waals surface area contributed by atoms with E-state index in [9.17, 15) is 5.11 Å². The van der Waals surface area contributed by atoms with Crippen LogP contribution in [-0.4, -0.2) is 29.8 Å². The largest absolute Gasteiger partial charge is 0.392 e. The maximum absolute atomic E-state index is 9.19. The van der Waals surface area contributed by atoms with Crippen LogP contribution in [0.1, 0.15) is 6.92 Å². The van der Waals surface area contributed by atoms with Crippen molar-refractivity contribution >= 4 is 21.7 Å². The molecular weight excluding hydrogens is 232 g/mol. The third kappa shape index (κ3) is 2.97. The third-order valence-electron chi connectivity index (χ3n) is 1.64. The minimum Gasteiger partial charge on any atom is -0.392 e.